The van der Waals surface area contributed by atoms with E-state index in [1.165, 1.54) is 24.5 Å². The minimum Gasteiger partial charge on any atom is -0.480 e. The van der Waals surface area contributed by atoms with Crippen molar-refractivity contribution in [3.63, 3.8) is 0 Å². The summed E-state index contributed by atoms with van der Waals surface area (Å²) < 4.78 is 18.9. The van der Waals surface area contributed by atoms with E-state index in [2.05, 4.69) is 15.3 Å². The van der Waals surface area contributed by atoms with Gasteiger partial charge in [-0.1, -0.05) is 18.2 Å². The molecule has 0 atom stereocenters. The highest BCUT2D eigenvalue weighted by Crippen LogP contribution is 2.27. The van der Waals surface area contributed by atoms with Gasteiger partial charge in [-0.2, -0.15) is 0 Å². The van der Waals surface area contributed by atoms with Gasteiger partial charge in [-0.25, -0.2) is 14.4 Å². The fourth-order valence-electron chi connectivity index (χ4n) is 2.35. The second-order valence-electron chi connectivity index (χ2n) is 5.31. The molecule has 0 saturated carbocycles. The molecule has 128 valence electrons. The molecule has 7 heteroatoms. The lowest BCUT2D eigenvalue weighted by Crippen LogP contribution is -2.13. The summed E-state index contributed by atoms with van der Waals surface area (Å²) in [5.41, 5.74) is 1.69. The first-order valence-corrected chi connectivity index (χ1v) is 8.40. The summed E-state index contributed by atoms with van der Waals surface area (Å²) in [6, 6.07) is 9.92. The third-order valence-corrected chi connectivity index (χ3v) is 4.70. The van der Waals surface area contributed by atoms with Crippen molar-refractivity contribution in [1.82, 2.24) is 9.97 Å². The molecule has 25 heavy (non-hydrogen) atoms. The first kappa shape index (κ1) is 17.0. The number of halogens is 1. The van der Waals surface area contributed by atoms with Crippen LogP contribution in [0.2, 0.25) is 0 Å². The van der Waals surface area contributed by atoms with Gasteiger partial charge in [-0.05, 0) is 30.7 Å². The van der Waals surface area contributed by atoms with E-state index in [1.807, 2.05) is 6.92 Å². The fraction of sp³-hybridized carbons (Fsp3) is 0.167. The Morgan fingerprint density at radius 2 is 2.08 bits per heavy atom. The zero-order valence-electron chi connectivity index (χ0n) is 13.7. The molecule has 0 unspecified atom stereocenters. The zero-order chi connectivity index (χ0) is 17.8. The third-order valence-electron chi connectivity index (χ3n) is 3.63. The number of amides is 1. The normalized spacial score (nSPS) is 10.5. The van der Waals surface area contributed by atoms with Gasteiger partial charge in [0.15, 0.2) is 5.13 Å². The lowest BCUT2D eigenvalue weighted by Gasteiger charge is -2.05. The lowest BCUT2D eigenvalue weighted by molar-refractivity contribution is 0.102. The number of anilines is 1. The lowest BCUT2D eigenvalue weighted by atomic mass is 10.1. The molecule has 0 saturated heterocycles. The SMILES string of the molecule is COc1ncccc1C(=O)Nc1nc(C)c(Cc2ccccc2F)s1. The van der Waals surface area contributed by atoms with Crippen molar-refractivity contribution in [1.29, 1.82) is 0 Å². The summed E-state index contributed by atoms with van der Waals surface area (Å²) in [6.45, 7) is 1.84. The van der Waals surface area contributed by atoms with Crippen LogP contribution in [0.25, 0.3) is 0 Å². The van der Waals surface area contributed by atoms with Gasteiger partial charge >= 0.3 is 0 Å². The van der Waals surface area contributed by atoms with Crippen LogP contribution in [0.15, 0.2) is 42.6 Å². The van der Waals surface area contributed by atoms with E-state index < -0.39 is 0 Å². The summed E-state index contributed by atoms with van der Waals surface area (Å²) in [6.07, 6.45) is 1.98. The summed E-state index contributed by atoms with van der Waals surface area (Å²) in [5, 5.41) is 3.21. The number of benzene rings is 1. The highest BCUT2D eigenvalue weighted by Gasteiger charge is 2.16. The van der Waals surface area contributed by atoms with Crippen LogP contribution in [0.3, 0.4) is 0 Å². The molecule has 2 heterocycles. The van der Waals surface area contributed by atoms with Gasteiger partial charge in [-0.15, -0.1) is 11.3 Å². The minimum absolute atomic E-state index is 0.249. The Morgan fingerprint density at radius 3 is 2.84 bits per heavy atom. The number of aryl methyl sites for hydroxylation is 1. The molecule has 0 aliphatic carbocycles. The highest BCUT2D eigenvalue weighted by atomic mass is 32.1. The van der Waals surface area contributed by atoms with Crippen LogP contribution < -0.4 is 10.1 Å². The maximum absolute atomic E-state index is 13.8. The Balaban J connectivity index is 1.78. The number of rotatable bonds is 5. The Kier molecular flexibility index (Phi) is 5.04. The van der Waals surface area contributed by atoms with Gasteiger partial charge in [0.1, 0.15) is 11.4 Å². The summed E-state index contributed by atoms with van der Waals surface area (Å²) in [7, 11) is 1.46. The average Bonchev–Trinajstić information content (AvgIpc) is 2.96. The molecular weight excluding hydrogens is 341 g/mol. The topological polar surface area (TPSA) is 64.1 Å². The molecule has 2 aromatic heterocycles. The monoisotopic (exact) mass is 357 g/mol. The smallest absolute Gasteiger partial charge is 0.262 e. The Labute approximate surface area is 148 Å². The predicted molar refractivity (Wildman–Crippen MR) is 94.8 cm³/mol. The Hall–Kier alpha value is -2.80. The van der Waals surface area contributed by atoms with E-state index in [0.29, 0.717) is 22.7 Å². The minimum atomic E-state index is -0.351. The number of hydrogen-bond donors (Lipinski definition) is 1. The zero-order valence-corrected chi connectivity index (χ0v) is 14.6. The summed E-state index contributed by atoms with van der Waals surface area (Å²) in [5.74, 6) is -0.350. The van der Waals surface area contributed by atoms with E-state index >= 15 is 0 Å². The van der Waals surface area contributed by atoms with Crippen molar-refractivity contribution < 1.29 is 13.9 Å². The van der Waals surface area contributed by atoms with Gasteiger partial charge in [-0.3, -0.25) is 10.1 Å². The van der Waals surface area contributed by atoms with Crippen molar-refractivity contribution in [2.75, 3.05) is 12.4 Å². The number of hydrogen-bond acceptors (Lipinski definition) is 5. The van der Waals surface area contributed by atoms with Crippen molar-refractivity contribution in [2.24, 2.45) is 0 Å². The number of carbonyl (C=O) groups excluding carboxylic acids is 1. The number of methoxy groups -OCH3 is 1. The Morgan fingerprint density at radius 1 is 1.28 bits per heavy atom. The van der Waals surface area contributed by atoms with Crippen LogP contribution in [-0.2, 0) is 6.42 Å². The van der Waals surface area contributed by atoms with E-state index in [1.54, 1.807) is 36.5 Å². The number of thiazole rings is 1. The average molecular weight is 357 g/mol. The molecule has 0 bridgehead atoms. The largest absolute Gasteiger partial charge is 0.480 e. The fourth-order valence-corrected chi connectivity index (χ4v) is 3.33. The molecule has 0 aliphatic rings. The number of nitrogens with zero attached hydrogens (tertiary/aromatic N) is 2. The molecule has 1 amide bonds. The molecule has 3 rings (SSSR count). The molecule has 0 aliphatic heterocycles. The van der Waals surface area contributed by atoms with E-state index in [4.69, 9.17) is 4.74 Å². The third kappa shape index (κ3) is 3.83. The van der Waals surface area contributed by atoms with E-state index in [-0.39, 0.29) is 17.6 Å². The molecule has 5 nitrogen and oxygen atoms in total. The molecule has 3 aromatic rings. The van der Waals surface area contributed by atoms with Crippen molar-refractivity contribution in [3.05, 3.63) is 70.1 Å². The van der Waals surface area contributed by atoms with Crippen LogP contribution in [0.5, 0.6) is 5.88 Å². The molecular formula is C18H16FN3O2S. The van der Waals surface area contributed by atoms with Gasteiger partial charge in [0.2, 0.25) is 5.88 Å². The van der Waals surface area contributed by atoms with Crippen molar-refractivity contribution >= 4 is 22.4 Å². The first-order chi connectivity index (χ1) is 12.1. The maximum atomic E-state index is 13.8. The number of nitrogens with one attached hydrogen (secondary N) is 1. The van der Waals surface area contributed by atoms with E-state index in [0.717, 1.165) is 10.6 Å². The molecule has 0 radical (unpaired) electrons. The van der Waals surface area contributed by atoms with Gasteiger partial charge in [0.25, 0.3) is 5.91 Å². The second kappa shape index (κ2) is 7.40. The quantitative estimate of drug-likeness (QED) is 0.754. The van der Waals surface area contributed by atoms with Gasteiger partial charge < -0.3 is 4.74 Å². The highest BCUT2D eigenvalue weighted by molar-refractivity contribution is 7.15. The van der Waals surface area contributed by atoms with Crippen molar-refractivity contribution in [3.8, 4) is 5.88 Å². The van der Waals surface area contributed by atoms with Crippen LogP contribution in [0, 0.1) is 12.7 Å². The molecule has 1 aromatic carbocycles. The number of ether oxygens (including phenoxy) is 1. The number of carbonyl (C=O) groups is 1. The number of aromatic nitrogens is 2. The molecule has 0 fully saturated rings. The van der Waals surface area contributed by atoms with Gasteiger partial charge in [0.05, 0.1) is 12.8 Å². The van der Waals surface area contributed by atoms with Crippen LogP contribution in [0.4, 0.5) is 9.52 Å². The van der Waals surface area contributed by atoms with Crippen LogP contribution >= 0.6 is 11.3 Å². The van der Waals surface area contributed by atoms with Gasteiger partial charge in [0, 0.05) is 17.5 Å². The molecule has 0 spiro atoms. The first-order valence-electron chi connectivity index (χ1n) is 7.58. The van der Waals surface area contributed by atoms with E-state index in [9.17, 15) is 9.18 Å². The predicted octanol–water partition coefficient (Wildman–Crippen LogP) is 3.84. The van der Waals surface area contributed by atoms with Crippen LogP contribution in [0.1, 0.15) is 26.5 Å². The second-order valence-corrected chi connectivity index (χ2v) is 6.39. The summed E-state index contributed by atoms with van der Waals surface area (Å²) >= 11 is 1.33. The summed E-state index contributed by atoms with van der Waals surface area (Å²) in [4.78, 5) is 21.7. The number of pyridine rings is 1. The molecule has 1 N–H and O–H groups in total. The van der Waals surface area contributed by atoms with Crippen molar-refractivity contribution in [2.45, 2.75) is 13.3 Å². The van der Waals surface area contributed by atoms with Crippen LogP contribution in [-0.4, -0.2) is 23.0 Å². The maximum Gasteiger partial charge on any atom is 0.262 e. The Bertz CT molecular complexity index is 911. The standard InChI is InChI=1S/C18H16FN3O2S/c1-11-15(10-12-6-3-4-8-14(12)19)25-18(21-11)22-16(23)13-7-5-9-20-17(13)24-2/h3-9H,10H2,1-2H3,(H,21,22,23).